The number of hydrogen-bond acceptors (Lipinski definition) is 5. The zero-order chi connectivity index (χ0) is 14.6. The number of anilines is 1. The lowest BCUT2D eigenvalue weighted by molar-refractivity contribution is 0.310. The highest BCUT2D eigenvalue weighted by atomic mass is 32.1. The van der Waals surface area contributed by atoms with E-state index in [4.69, 9.17) is 4.74 Å². The summed E-state index contributed by atoms with van der Waals surface area (Å²) in [6.45, 7) is 8.96. The van der Waals surface area contributed by atoms with Crippen LogP contribution in [0.1, 0.15) is 31.3 Å². The van der Waals surface area contributed by atoms with E-state index < -0.39 is 0 Å². The molecule has 0 saturated carbocycles. The van der Waals surface area contributed by atoms with Gasteiger partial charge in [0.2, 0.25) is 5.88 Å². The van der Waals surface area contributed by atoms with E-state index in [9.17, 15) is 0 Å². The molecule has 2 aromatic rings. The van der Waals surface area contributed by atoms with Crippen LogP contribution in [0.2, 0.25) is 0 Å². The van der Waals surface area contributed by atoms with Gasteiger partial charge in [-0.1, -0.05) is 6.07 Å². The average Bonchev–Trinajstić information content (AvgIpc) is 2.73. The zero-order valence-electron chi connectivity index (χ0n) is 12.4. The highest BCUT2D eigenvalue weighted by Crippen LogP contribution is 2.17. The molecule has 0 unspecified atom stereocenters. The first-order valence-corrected chi connectivity index (χ1v) is 7.59. The van der Waals surface area contributed by atoms with E-state index in [1.54, 1.807) is 11.3 Å². The van der Waals surface area contributed by atoms with Gasteiger partial charge in [0.15, 0.2) is 0 Å². The van der Waals surface area contributed by atoms with Crippen molar-refractivity contribution in [3.63, 3.8) is 0 Å². The molecule has 0 bridgehead atoms. The second-order valence-corrected chi connectivity index (χ2v) is 6.63. The fraction of sp³-hybridized carbons (Fsp3) is 0.467. The van der Waals surface area contributed by atoms with Crippen molar-refractivity contribution in [2.75, 3.05) is 11.9 Å². The number of ether oxygens (including phenoxy) is 1. The number of rotatable bonds is 5. The second-order valence-electron chi connectivity index (χ2n) is 5.70. The summed E-state index contributed by atoms with van der Waals surface area (Å²) in [7, 11) is 0. The fourth-order valence-corrected chi connectivity index (χ4v) is 2.53. The zero-order valence-corrected chi connectivity index (χ0v) is 13.3. The van der Waals surface area contributed by atoms with Crippen LogP contribution in [0, 0.1) is 6.92 Å². The molecule has 0 aliphatic carbocycles. The van der Waals surface area contributed by atoms with Gasteiger partial charge in [-0.2, -0.15) is 4.98 Å². The lowest BCUT2D eigenvalue weighted by atomic mass is 10.1. The van der Waals surface area contributed by atoms with E-state index in [0.29, 0.717) is 12.5 Å². The highest BCUT2D eigenvalue weighted by Gasteiger charge is 2.10. The molecule has 0 fully saturated rings. The molecule has 0 atom stereocenters. The number of aryl methyl sites for hydroxylation is 1. The van der Waals surface area contributed by atoms with Gasteiger partial charge in [0.25, 0.3) is 0 Å². The Bertz CT molecular complexity index is 560. The largest absolute Gasteiger partial charge is 0.477 e. The standard InChI is InChI=1S/C15H21N3OS/c1-11-12(20-10-16-11)8-9-19-14-7-5-6-13(17-14)18-15(2,3)4/h5-7,10H,8-9H2,1-4H3,(H,17,18). The van der Waals surface area contributed by atoms with Crippen LogP contribution >= 0.6 is 11.3 Å². The lowest BCUT2D eigenvalue weighted by Gasteiger charge is -2.21. The molecule has 0 radical (unpaired) electrons. The molecule has 0 aliphatic heterocycles. The van der Waals surface area contributed by atoms with Crippen molar-refractivity contribution >= 4 is 17.2 Å². The molecule has 1 N–H and O–H groups in total. The van der Waals surface area contributed by atoms with Gasteiger partial charge in [-0.3, -0.25) is 0 Å². The van der Waals surface area contributed by atoms with Gasteiger partial charge in [-0.25, -0.2) is 4.98 Å². The van der Waals surface area contributed by atoms with Gasteiger partial charge in [-0.05, 0) is 33.8 Å². The van der Waals surface area contributed by atoms with Crippen LogP contribution in [0.3, 0.4) is 0 Å². The van der Waals surface area contributed by atoms with Crippen molar-refractivity contribution in [3.05, 3.63) is 34.3 Å². The predicted octanol–water partition coefficient (Wildman–Crippen LogP) is 3.68. The highest BCUT2D eigenvalue weighted by molar-refractivity contribution is 7.09. The minimum Gasteiger partial charge on any atom is -0.477 e. The third-order valence-electron chi connectivity index (χ3n) is 2.65. The number of nitrogens with one attached hydrogen (secondary N) is 1. The average molecular weight is 291 g/mol. The number of hydrogen-bond donors (Lipinski definition) is 1. The molecule has 20 heavy (non-hydrogen) atoms. The van der Waals surface area contributed by atoms with E-state index in [-0.39, 0.29) is 5.54 Å². The smallest absolute Gasteiger partial charge is 0.215 e. The molecule has 2 heterocycles. The third-order valence-corrected chi connectivity index (χ3v) is 3.65. The van der Waals surface area contributed by atoms with Crippen LogP contribution in [0.15, 0.2) is 23.7 Å². The van der Waals surface area contributed by atoms with E-state index in [0.717, 1.165) is 17.9 Å². The molecule has 0 saturated heterocycles. The number of thiazole rings is 1. The molecule has 0 aliphatic rings. The van der Waals surface area contributed by atoms with Crippen molar-refractivity contribution in [3.8, 4) is 5.88 Å². The monoisotopic (exact) mass is 291 g/mol. The second kappa shape index (κ2) is 6.22. The maximum Gasteiger partial charge on any atom is 0.215 e. The molecule has 0 spiro atoms. The van der Waals surface area contributed by atoms with E-state index in [1.807, 2.05) is 30.6 Å². The van der Waals surface area contributed by atoms with Crippen molar-refractivity contribution in [1.29, 1.82) is 0 Å². The Balaban J connectivity index is 1.90. The first kappa shape index (κ1) is 14.8. The summed E-state index contributed by atoms with van der Waals surface area (Å²) in [4.78, 5) is 9.96. The summed E-state index contributed by atoms with van der Waals surface area (Å²) < 4.78 is 5.72. The summed E-state index contributed by atoms with van der Waals surface area (Å²) in [5.41, 5.74) is 2.96. The third kappa shape index (κ3) is 4.49. The van der Waals surface area contributed by atoms with E-state index in [2.05, 4.69) is 36.1 Å². The first-order valence-electron chi connectivity index (χ1n) is 6.71. The predicted molar refractivity (Wildman–Crippen MR) is 83.7 cm³/mol. The topological polar surface area (TPSA) is 47.0 Å². The Morgan fingerprint density at radius 3 is 2.75 bits per heavy atom. The van der Waals surface area contributed by atoms with Crippen molar-refractivity contribution in [2.24, 2.45) is 0 Å². The minimum absolute atomic E-state index is 0.00856. The van der Waals surface area contributed by atoms with Crippen molar-refractivity contribution in [1.82, 2.24) is 9.97 Å². The van der Waals surface area contributed by atoms with Gasteiger partial charge >= 0.3 is 0 Å². The van der Waals surface area contributed by atoms with Crippen LogP contribution in [0.5, 0.6) is 5.88 Å². The summed E-state index contributed by atoms with van der Waals surface area (Å²) in [6, 6.07) is 5.78. The van der Waals surface area contributed by atoms with Gasteiger partial charge in [0.1, 0.15) is 5.82 Å². The maximum absolute atomic E-state index is 5.72. The summed E-state index contributed by atoms with van der Waals surface area (Å²) >= 11 is 1.67. The van der Waals surface area contributed by atoms with E-state index in [1.165, 1.54) is 4.88 Å². The number of nitrogens with zero attached hydrogens (tertiary/aromatic N) is 2. The SMILES string of the molecule is Cc1ncsc1CCOc1cccc(NC(C)(C)C)n1. The Labute approximate surface area is 124 Å². The van der Waals surface area contributed by atoms with Gasteiger partial charge in [0, 0.05) is 22.9 Å². The maximum atomic E-state index is 5.72. The van der Waals surface area contributed by atoms with Crippen LogP contribution in [-0.4, -0.2) is 22.1 Å². The van der Waals surface area contributed by atoms with Crippen LogP contribution in [-0.2, 0) is 6.42 Å². The van der Waals surface area contributed by atoms with Gasteiger partial charge < -0.3 is 10.1 Å². The van der Waals surface area contributed by atoms with Crippen LogP contribution in [0.25, 0.3) is 0 Å². The van der Waals surface area contributed by atoms with Crippen LogP contribution in [0.4, 0.5) is 5.82 Å². The molecular weight excluding hydrogens is 270 g/mol. The number of pyridine rings is 1. The molecular formula is C15H21N3OS. The van der Waals surface area contributed by atoms with Crippen LogP contribution < -0.4 is 10.1 Å². The quantitative estimate of drug-likeness (QED) is 0.913. The Kier molecular flexibility index (Phi) is 4.60. The Hall–Kier alpha value is -1.62. The lowest BCUT2D eigenvalue weighted by Crippen LogP contribution is -2.26. The van der Waals surface area contributed by atoms with Crippen molar-refractivity contribution in [2.45, 2.75) is 39.7 Å². The normalized spacial score (nSPS) is 11.4. The minimum atomic E-state index is -0.00856. The summed E-state index contributed by atoms with van der Waals surface area (Å²) in [5, 5.41) is 3.34. The summed E-state index contributed by atoms with van der Waals surface area (Å²) in [6.07, 6.45) is 0.870. The molecule has 2 rings (SSSR count). The molecule has 4 nitrogen and oxygen atoms in total. The molecule has 0 amide bonds. The summed E-state index contributed by atoms with van der Waals surface area (Å²) in [5.74, 6) is 1.49. The molecule has 0 aromatic carbocycles. The Morgan fingerprint density at radius 2 is 2.10 bits per heavy atom. The van der Waals surface area contributed by atoms with Gasteiger partial charge in [-0.15, -0.1) is 11.3 Å². The molecule has 2 aromatic heterocycles. The Morgan fingerprint density at radius 1 is 1.30 bits per heavy atom. The van der Waals surface area contributed by atoms with Crippen molar-refractivity contribution < 1.29 is 4.74 Å². The molecule has 5 heteroatoms. The fourth-order valence-electron chi connectivity index (χ4n) is 1.76. The number of aromatic nitrogens is 2. The first-order chi connectivity index (χ1) is 9.44. The van der Waals surface area contributed by atoms with Gasteiger partial charge in [0.05, 0.1) is 17.8 Å². The van der Waals surface area contributed by atoms with E-state index >= 15 is 0 Å². The molecule has 108 valence electrons.